The van der Waals surface area contributed by atoms with Gasteiger partial charge in [0, 0.05) is 17.8 Å². The number of hydrogen-bond acceptors (Lipinski definition) is 1. The van der Waals surface area contributed by atoms with Crippen LogP contribution in [-0.2, 0) is 6.42 Å². The number of hydrogen-bond donors (Lipinski definition) is 0. The van der Waals surface area contributed by atoms with Gasteiger partial charge in [0.2, 0.25) is 0 Å². The maximum Gasteiger partial charge on any atom is 0.0375 e. The molecule has 0 aliphatic rings. The van der Waals surface area contributed by atoms with Crippen LogP contribution in [0.25, 0.3) is 0 Å². The highest BCUT2D eigenvalue weighted by atomic mass is 14.7. The molecule has 0 saturated carbocycles. The third-order valence-corrected chi connectivity index (χ3v) is 2.39. The fourth-order valence-corrected chi connectivity index (χ4v) is 1.33. The molecule has 0 N–H and O–H groups in total. The number of rotatable bonds is 4. The van der Waals surface area contributed by atoms with E-state index in [4.69, 9.17) is 0 Å². The highest BCUT2D eigenvalue weighted by Crippen LogP contribution is 2.09. The van der Waals surface area contributed by atoms with E-state index in [2.05, 4.69) is 49.7 Å². The van der Waals surface area contributed by atoms with Crippen LogP contribution in [0.4, 0.5) is 0 Å². The third kappa shape index (κ3) is 6.72. The summed E-state index contributed by atoms with van der Waals surface area (Å²) >= 11 is 0. The van der Waals surface area contributed by atoms with Crippen molar-refractivity contribution >= 4 is 5.71 Å². The van der Waals surface area contributed by atoms with Gasteiger partial charge in [0.1, 0.15) is 0 Å². The molecule has 0 amide bonds. The first-order valence-electron chi connectivity index (χ1n) is 6.39. The summed E-state index contributed by atoms with van der Waals surface area (Å²) in [4.78, 5) is 4.44. The molecule has 0 saturated heterocycles. The van der Waals surface area contributed by atoms with E-state index in [0.29, 0.717) is 0 Å². The van der Waals surface area contributed by atoms with Gasteiger partial charge in [0.05, 0.1) is 0 Å². The van der Waals surface area contributed by atoms with E-state index >= 15 is 0 Å². The van der Waals surface area contributed by atoms with E-state index < -0.39 is 0 Å². The Hall–Kier alpha value is -1.37. The molecule has 0 unspecified atom stereocenters. The number of benzene rings is 1. The van der Waals surface area contributed by atoms with Crippen molar-refractivity contribution in [3.63, 3.8) is 0 Å². The van der Waals surface area contributed by atoms with Gasteiger partial charge in [-0.15, -0.1) is 0 Å². The Bertz CT molecular complexity index is 358. The monoisotopic (exact) mass is 231 g/mol. The van der Waals surface area contributed by atoms with Gasteiger partial charge in [0.15, 0.2) is 0 Å². The average Bonchev–Trinajstić information content (AvgIpc) is 2.34. The molecular weight excluding hydrogens is 206 g/mol. The lowest BCUT2D eigenvalue weighted by molar-refractivity contribution is 1.10. The highest BCUT2D eigenvalue weighted by Gasteiger charge is 1.96. The minimum Gasteiger partial charge on any atom is -0.263 e. The molecule has 0 aliphatic heterocycles. The molecule has 0 bridgehead atoms. The first-order valence-corrected chi connectivity index (χ1v) is 6.39. The molecule has 1 rings (SSSR count). The van der Waals surface area contributed by atoms with Gasteiger partial charge in [-0.2, -0.15) is 0 Å². The van der Waals surface area contributed by atoms with Crippen molar-refractivity contribution in [3.8, 4) is 0 Å². The number of aliphatic imine (C=N–C) groups is 1. The van der Waals surface area contributed by atoms with Crippen molar-refractivity contribution in [2.75, 3.05) is 0 Å². The summed E-state index contributed by atoms with van der Waals surface area (Å²) in [5.41, 5.74) is 4.65. The molecule has 0 fully saturated rings. The third-order valence-electron chi connectivity index (χ3n) is 2.39. The Balaban J connectivity index is 0.00000121. The van der Waals surface area contributed by atoms with Crippen molar-refractivity contribution in [3.05, 3.63) is 47.7 Å². The molecule has 1 heteroatoms. The van der Waals surface area contributed by atoms with E-state index in [1.807, 2.05) is 20.8 Å². The molecule has 1 aromatic rings. The van der Waals surface area contributed by atoms with Crippen LogP contribution in [0.3, 0.4) is 0 Å². The fraction of sp³-hybridized carbons (Fsp3) is 0.438. The summed E-state index contributed by atoms with van der Waals surface area (Å²) in [7, 11) is 0. The Morgan fingerprint density at radius 2 is 1.71 bits per heavy atom. The van der Waals surface area contributed by atoms with Crippen LogP contribution in [0.15, 0.2) is 41.5 Å². The Morgan fingerprint density at radius 1 is 1.18 bits per heavy atom. The van der Waals surface area contributed by atoms with Crippen LogP contribution < -0.4 is 0 Å². The topological polar surface area (TPSA) is 12.4 Å². The van der Waals surface area contributed by atoms with Crippen LogP contribution in [-0.4, -0.2) is 5.71 Å². The van der Waals surface area contributed by atoms with E-state index in [0.717, 1.165) is 24.3 Å². The Kier molecular flexibility index (Phi) is 8.04. The summed E-state index contributed by atoms with van der Waals surface area (Å²) in [5, 5.41) is 0. The van der Waals surface area contributed by atoms with Crippen molar-refractivity contribution < 1.29 is 0 Å². The maximum absolute atomic E-state index is 4.44. The molecule has 0 aliphatic carbocycles. The first kappa shape index (κ1) is 15.6. The lowest BCUT2D eigenvalue weighted by Crippen LogP contribution is -1.92. The summed E-state index contributed by atoms with van der Waals surface area (Å²) < 4.78 is 0. The van der Waals surface area contributed by atoms with Crippen LogP contribution in [0.2, 0.25) is 0 Å². The molecule has 1 aromatic carbocycles. The summed E-state index contributed by atoms with van der Waals surface area (Å²) in [6.45, 7) is 14.2. The second kappa shape index (κ2) is 8.74. The van der Waals surface area contributed by atoms with Crippen LogP contribution in [0.5, 0.6) is 0 Å². The summed E-state index contributed by atoms with van der Waals surface area (Å²) in [6, 6.07) is 8.52. The average molecular weight is 231 g/mol. The van der Waals surface area contributed by atoms with Gasteiger partial charge >= 0.3 is 0 Å². The van der Waals surface area contributed by atoms with Gasteiger partial charge < -0.3 is 0 Å². The quantitative estimate of drug-likeness (QED) is 0.650. The fourth-order valence-electron chi connectivity index (χ4n) is 1.33. The highest BCUT2D eigenvalue weighted by molar-refractivity contribution is 5.82. The van der Waals surface area contributed by atoms with E-state index in [1.54, 1.807) is 0 Å². The minimum atomic E-state index is 0.845. The largest absolute Gasteiger partial charge is 0.263 e. The zero-order valence-corrected chi connectivity index (χ0v) is 11.9. The van der Waals surface area contributed by atoms with E-state index in [-0.39, 0.29) is 0 Å². The predicted molar refractivity (Wildman–Crippen MR) is 78.8 cm³/mol. The standard InChI is InChI=1S/C14H19N.C2H6/c1-5-12(3)15-13(4)10-14-8-6-11(2)7-9-14;1-2/h6-9H,4-5,10H2,1-3H3;1-2H3. The smallest absolute Gasteiger partial charge is 0.0375 e. The molecule has 0 heterocycles. The lowest BCUT2D eigenvalue weighted by atomic mass is 10.1. The Labute approximate surface area is 106 Å². The minimum absolute atomic E-state index is 0.845. The molecule has 0 radical (unpaired) electrons. The molecule has 0 atom stereocenters. The van der Waals surface area contributed by atoms with Crippen molar-refractivity contribution in [1.82, 2.24) is 0 Å². The SMILES string of the molecule is C=C(Cc1ccc(C)cc1)N=C(C)CC.CC. The molecule has 0 spiro atoms. The van der Waals surface area contributed by atoms with Crippen LogP contribution >= 0.6 is 0 Å². The van der Waals surface area contributed by atoms with Crippen molar-refractivity contribution in [2.24, 2.45) is 4.99 Å². The van der Waals surface area contributed by atoms with Gasteiger partial charge in [-0.3, -0.25) is 4.99 Å². The van der Waals surface area contributed by atoms with Gasteiger partial charge in [-0.05, 0) is 25.8 Å². The van der Waals surface area contributed by atoms with Crippen LogP contribution in [0.1, 0.15) is 45.2 Å². The maximum atomic E-state index is 4.44. The zero-order chi connectivity index (χ0) is 13.3. The van der Waals surface area contributed by atoms with E-state index in [1.165, 1.54) is 11.1 Å². The van der Waals surface area contributed by atoms with Gasteiger partial charge in [-0.1, -0.05) is 57.2 Å². The Morgan fingerprint density at radius 3 is 2.18 bits per heavy atom. The van der Waals surface area contributed by atoms with Gasteiger partial charge in [0.25, 0.3) is 0 Å². The molecule has 1 nitrogen and oxygen atoms in total. The van der Waals surface area contributed by atoms with E-state index in [9.17, 15) is 0 Å². The van der Waals surface area contributed by atoms with Crippen molar-refractivity contribution in [2.45, 2.75) is 47.5 Å². The lowest BCUT2D eigenvalue weighted by Gasteiger charge is -2.03. The number of aryl methyl sites for hydroxylation is 1. The van der Waals surface area contributed by atoms with Crippen molar-refractivity contribution in [1.29, 1.82) is 0 Å². The molecule has 94 valence electrons. The summed E-state index contributed by atoms with van der Waals surface area (Å²) in [5.74, 6) is 0. The second-order valence-electron chi connectivity index (χ2n) is 3.93. The van der Waals surface area contributed by atoms with Crippen LogP contribution in [0, 0.1) is 6.92 Å². The second-order valence-corrected chi connectivity index (χ2v) is 3.93. The normalized spacial score (nSPS) is 10.5. The number of allylic oxidation sites excluding steroid dienone is 1. The molecular formula is C16H25N. The molecule has 0 aromatic heterocycles. The summed E-state index contributed by atoms with van der Waals surface area (Å²) in [6.07, 6.45) is 1.84. The number of nitrogens with zero attached hydrogens (tertiary/aromatic N) is 1. The predicted octanol–water partition coefficient (Wildman–Crippen LogP) is 4.95. The zero-order valence-electron chi connectivity index (χ0n) is 11.9. The first-order chi connectivity index (χ1) is 8.11. The molecule has 17 heavy (non-hydrogen) atoms. The van der Waals surface area contributed by atoms with Gasteiger partial charge in [-0.25, -0.2) is 0 Å².